The van der Waals surface area contributed by atoms with Crippen LogP contribution in [0.5, 0.6) is 0 Å². The van der Waals surface area contributed by atoms with Gasteiger partial charge in [-0.1, -0.05) is 0 Å². The van der Waals surface area contributed by atoms with Crippen molar-refractivity contribution in [3.05, 3.63) is 27.6 Å². The molecule has 0 bridgehead atoms. The summed E-state index contributed by atoms with van der Waals surface area (Å²) < 4.78 is 6.57. The third-order valence-electron chi connectivity index (χ3n) is 3.34. The normalized spacial score (nSPS) is 17.1. The molecule has 1 fully saturated rings. The minimum atomic E-state index is -0.423. The summed E-state index contributed by atoms with van der Waals surface area (Å²) in [4.78, 5) is 18.1. The van der Waals surface area contributed by atoms with Crippen molar-refractivity contribution in [2.24, 2.45) is 0 Å². The topological polar surface area (TPSA) is 42.4 Å². The molecule has 1 amide bonds. The molecule has 0 aliphatic carbocycles. The van der Waals surface area contributed by atoms with Crippen LogP contribution in [-0.2, 0) is 4.74 Å². The van der Waals surface area contributed by atoms with Crippen LogP contribution in [0.2, 0.25) is 0 Å². The Kier molecular flexibility index (Phi) is 4.88. The highest BCUT2D eigenvalue weighted by atomic mass is 127. The number of carbonyl (C=O) groups is 1. The SMILES string of the molecule is CC(C)(C)OC(=O)N1CCC(c2cncc(I)c2)CC1. The fourth-order valence-corrected chi connectivity index (χ4v) is 2.89. The molecule has 1 saturated heterocycles. The summed E-state index contributed by atoms with van der Waals surface area (Å²) in [5, 5.41) is 0. The van der Waals surface area contributed by atoms with Crippen molar-refractivity contribution in [2.75, 3.05) is 13.1 Å². The molecule has 0 saturated carbocycles. The second-order valence-corrected chi connectivity index (χ2v) is 7.42. The zero-order valence-electron chi connectivity index (χ0n) is 12.2. The molecule has 0 atom stereocenters. The molecule has 2 rings (SSSR count). The lowest BCUT2D eigenvalue weighted by molar-refractivity contribution is 0.0205. The number of likely N-dealkylation sites (tertiary alicyclic amines) is 1. The van der Waals surface area contributed by atoms with Gasteiger partial charge in [-0.15, -0.1) is 0 Å². The van der Waals surface area contributed by atoms with E-state index in [1.54, 1.807) is 0 Å². The van der Waals surface area contributed by atoms with E-state index in [1.165, 1.54) is 5.56 Å². The van der Waals surface area contributed by atoms with Crippen LogP contribution in [0.1, 0.15) is 45.1 Å². The molecule has 5 heteroatoms. The van der Waals surface area contributed by atoms with Crippen molar-refractivity contribution in [3.63, 3.8) is 0 Å². The highest BCUT2D eigenvalue weighted by Crippen LogP contribution is 2.28. The number of carbonyl (C=O) groups excluding carboxylic acids is 1. The smallest absolute Gasteiger partial charge is 0.410 e. The van der Waals surface area contributed by atoms with Crippen LogP contribution >= 0.6 is 22.6 Å². The fraction of sp³-hybridized carbons (Fsp3) is 0.600. The van der Waals surface area contributed by atoms with Crippen molar-refractivity contribution < 1.29 is 9.53 Å². The van der Waals surface area contributed by atoms with E-state index in [4.69, 9.17) is 4.74 Å². The quantitative estimate of drug-likeness (QED) is 0.688. The van der Waals surface area contributed by atoms with E-state index in [0.29, 0.717) is 5.92 Å². The van der Waals surface area contributed by atoms with Gasteiger partial charge in [0.05, 0.1) is 0 Å². The van der Waals surface area contributed by atoms with Crippen LogP contribution in [-0.4, -0.2) is 34.7 Å². The van der Waals surface area contributed by atoms with Gasteiger partial charge in [0.25, 0.3) is 0 Å². The molecule has 20 heavy (non-hydrogen) atoms. The Morgan fingerprint density at radius 1 is 1.35 bits per heavy atom. The number of aromatic nitrogens is 1. The molecule has 110 valence electrons. The molecule has 1 aliphatic rings. The fourth-order valence-electron chi connectivity index (χ4n) is 2.37. The van der Waals surface area contributed by atoms with Crippen LogP contribution in [0.3, 0.4) is 0 Å². The lowest BCUT2D eigenvalue weighted by Crippen LogP contribution is -2.41. The van der Waals surface area contributed by atoms with E-state index < -0.39 is 5.60 Å². The molecule has 4 nitrogen and oxygen atoms in total. The standard InChI is InChI=1S/C15H21IN2O2/c1-15(2,3)20-14(19)18-6-4-11(5-7-18)12-8-13(16)10-17-9-12/h8-11H,4-7H2,1-3H3. The maximum atomic E-state index is 12.0. The number of nitrogens with zero attached hydrogens (tertiary/aromatic N) is 2. The third kappa shape index (κ3) is 4.33. The number of amides is 1. The summed E-state index contributed by atoms with van der Waals surface area (Å²) in [6.07, 6.45) is 5.55. The average molecular weight is 388 g/mol. The van der Waals surface area contributed by atoms with Gasteiger partial charge in [0.1, 0.15) is 5.60 Å². The lowest BCUT2D eigenvalue weighted by atomic mass is 9.91. The first-order chi connectivity index (χ1) is 9.35. The molecule has 0 N–H and O–H groups in total. The summed E-state index contributed by atoms with van der Waals surface area (Å²) in [6.45, 7) is 7.20. The zero-order chi connectivity index (χ0) is 14.8. The van der Waals surface area contributed by atoms with Gasteiger partial charge in [0.2, 0.25) is 0 Å². The van der Waals surface area contributed by atoms with Crippen molar-refractivity contribution in [1.82, 2.24) is 9.88 Å². The highest BCUT2D eigenvalue weighted by molar-refractivity contribution is 14.1. The van der Waals surface area contributed by atoms with Gasteiger partial charge in [-0.05, 0) is 73.8 Å². The first kappa shape index (κ1) is 15.5. The molecule has 1 aromatic rings. The molecule has 0 unspecified atom stereocenters. The van der Waals surface area contributed by atoms with Gasteiger partial charge in [-0.2, -0.15) is 0 Å². The number of piperidine rings is 1. The summed E-state index contributed by atoms with van der Waals surface area (Å²) in [5.74, 6) is 0.496. The molecule has 0 spiro atoms. The second kappa shape index (κ2) is 6.28. The van der Waals surface area contributed by atoms with Crippen molar-refractivity contribution in [2.45, 2.75) is 45.1 Å². The van der Waals surface area contributed by atoms with Gasteiger partial charge in [0, 0.05) is 29.1 Å². The van der Waals surface area contributed by atoms with E-state index in [-0.39, 0.29) is 6.09 Å². The van der Waals surface area contributed by atoms with Crippen LogP contribution in [0, 0.1) is 3.57 Å². The monoisotopic (exact) mass is 388 g/mol. The first-order valence-electron chi connectivity index (χ1n) is 6.93. The Hall–Kier alpha value is -0.850. The minimum Gasteiger partial charge on any atom is -0.444 e. The van der Waals surface area contributed by atoms with Gasteiger partial charge < -0.3 is 9.64 Å². The Labute approximate surface area is 134 Å². The number of rotatable bonds is 1. The van der Waals surface area contributed by atoms with Crippen LogP contribution in [0.25, 0.3) is 0 Å². The number of pyridine rings is 1. The second-order valence-electron chi connectivity index (χ2n) is 6.18. The Balaban J connectivity index is 1.91. The summed E-state index contributed by atoms with van der Waals surface area (Å²) in [6, 6.07) is 2.18. The number of hydrogen-bond donors (Lipinski definition) is 0. The summed E-state index contributed by atoms with van der Waals surface area (Å²) in [7, 11) is 0. The molecule has 0 aromatic carbocycles. The Bertz CT molecular complexity index is 477. The summed E-state index contributed by atoms with van der Waals surface area (Å²) in [5.41, 5.74) is 0.855. The lowest BCUT2D eigenvalue weighted by Gasteiger charge is -2.33. The molecule has 0 radical (unpaired) electrons. The summed E-state index contributed by atoms with van der Waals surface area (Å²) >= 11 is 2.28. The zero-order valence-corrected chi connectivity index (χ0v) is 14.4. The Morgan fingerprint density at radius 3 is 2.55 bits per heavy atom. The number of hydrogen-bond acceptors (Lipinski definition) is 3. The van der Waals surface area contributed by atoms with E-state index in [2.05, 4.69) is 33.6 Å². The predicted molar refractivity (Wildman–Crippen MR) is 86.7 cm³/mol. The van der Waals surface area contributed by atoms with Crippen molar-refractivity contribution >= 4 is 28.7 Å². The molecular weight excluding hydrogens is 367 g/mol. The van der Waals surface area contributed by atoms with E-state index in [0.717, 1.165) is 29.5 Å². The van der Waals surface area contributed by atoms with Crippen molar-refractivity contribution in [1.29, 1.82) is 0 Å². The van der Waals surface area contributed by atoms with E-state index in [1.807, 2.05) is 38.1 Å². The van der Waals surface area contributed by atoms with E-state index >= 15 is 0 Å². The Morgan fingerprint density at radius 2 is 2.00 bits per heavy atom. The minimum absolute atomic E-state index is 0.197. The number of ether oxygens (including phenoxy) is 1. The van der Waals surface area contributed by atoms with Gasteiger partial charge >= 0.3 is 6.09 Å². The largest absolute Gasteiger partial charge is 0.444 e. The maximum Gasteiger partial charge on any atom is 0.410 e. The number of halogens is 1. The molecule has 1 aromatic heterocycles. The van der Waals surface area contributed by atoms with Crippen molar-refractivity contribution in [3.8, 4) is 0 Å². The molecular formula is C15H21IN2O2. The van der Waals surface area contributed by atoms with Gasteiger partial charge in [0.15, 0.2) is 0 Å². The highest BCUT2D eigenvalue weighted by Gasteiger charge is 2.27. The van der Waals surface area contributed by atoms with Crippen LogP contribution in [0.15, 0.2) is 18.5 Å². The third-order valence-corrected chi connectivity index (χ3v) is 3.93. The maximum absolute atomic E-state index is 12.0. The van der Waals surface area contributed by atoms with E-state index in [9.17, 15) is 4.79 Å². The molecule has 1 aliphatic heterocycles. The average Bonchev–Trinajstić information content (AvgIpc) is 2.37. The van der Waals surface area contributed by atoms with Crippen LogP contribution in [0.4, 0.5) is 4.79 Å². The predicted octanol–water partition coefficient (Wildman–Crippen LogP) is 3.80. The van der Waals surface area contributed by atoms with Gasteiger partial charge in [-0.3, -0.25) is 4.98 Å². The van der Waals surface area contributed by atoms with Gasteiger partial charge in [-0.25, -0.2) is 4.79 Å². The van der Waals surface area contributed by atoms with Crippen LogP contribution < -0.4 is 0 Å². The molecule has 2 heterocycles. The first-order valence-corrected chi connectivity index (χ1v) is 8.01.